The molecule has 0 bridgehead atoms. The smallest absolute Gasteiger partial charge is 0.368 e. The summed E-state index contributed by atoms with van der Waals surface area (Å²) in [5.41, 5.74) is 0.761. The zero-order valence-corrected chi connectivity index (χ0v) is 15.4. The molecular formula is C20H20ClF3N2O. The van der Waals surface area contributed by atoms with Crippen molar-refractivity contribution in [3.8, 4) is 0 Å². The summed E-state index contributed by atoms with van der Waals surface area (Å²) in [4.78, 5) is 16.0. The molecular weight excluding hydrogens is 377 g/mol. The second-order valence-electron chi connectivity index (χ2n) is 6.52. The van der Waals surface area contributed by atoms with Crippen LogP contribution in [0.4, 0.5) is 18.9 Å². The summed E-state index contributed by atoms with van der Waals surface area (Å²) in [5, 5.41) is -0.305. The number of carbonyl (C=O) groups is 1. The highest BCUT2D eigenvalue weighted by molar-refractivity contribution is 6.31. The van der Waals surface area contributed by atoms with Crippen molar-refractivity contribution in [2.24, 2.45) is 0 Å². The first kappa shape index (κ1) is 19.5. The van der Waals surface area contributed by atoms with Crippen LogP contribution in [0.15, 0.2) is 48.5 Å². The molecule has 3 nitrogen and oxygen atoms in total. The van der Waals surface area contributed by atoms with Gasteiger partial charge in [-0.1, -0.05) is 41.9 Å². The van der Waals surface area contributed by atoms with Crippen molar-refractivity contribution in [3.63, 3.8) is 0 Å². The van der Waals surface area contributed by atoms with Crippen molar-refractivity contribution in [1.29, 1.82) is 0 Å². The Labute approximate surface area is 161 Å². The molecule has 1 aliphatic heterocycles. The molecule has 144 valence electrons. The Hall–Kier alpha value is -2.21. The minimum Gasteiger partial charge on any atom is -0.368 e. The van der Waals surface area contributed by atoms with E-state index in [4.69, 9.17) is 11.6 Å². The van der Waals surface area contributed by atoms with Crippen LogP contribution in [-0.4, -0.2) is 37.0 Å². The van der Waals surface area contributed by atoms with Crippen molar-refractivity contribution in [3.05, 3.63) is 64.7 Å². The van der Waals surface area contributed by atoms with Gasteiger partial charge < -0.3 is 9.80 Å². The lowest BCUT2D eigenvalue weighted by Crippen LogP contribution is -2.48. The molecule has 0 N–H and O–H groups in total. The predicted octanol–water partition coefficient (Wildman–Crippen LogP) is 4.64. The number of rotatable bonds is 4. The van der Waals surface area contributed by atoms with Gasteiger partial charge in [-0.2, -0.15) is 13.2 Å². The summed E-state index contributed by atoms with van der Waals surface area (Å²) in [5.74, 6) is 0.0746. The van der Waals surface area contributed by atoms with E-state index in [1.807, 2.05) is 35.2 Å². The molecule has 7 heteroatoms. The van der Waals surface area contributed by atoms with Crippen LogP contribution >= 0.6 is 11.6 Å². The highest BCUT2D eigenvalue weighted by Crippen LogP contribution is 2.37. The molecule has 0 aliphatic carbocycles. The molecule has 1 aliphatic rings. The molecule has 0 saturated carbocycles. The highest BCUT2D eigenvalue weighted by Gasteiger charge is 2.34. The number of hydrogen-bond acceptors (Lipinski definition) is 2. The van der Waals surface area contributed by atoms with Gasteiger partial charge in [-0.15, -0.1) is 0 Å². The molecule has 1 fully saturated rings. The molecule has 0 spiro atoms. The van der Waals surface area contributed by atoms with E-state index in [0.717, 1.165) is 11.6 Å². The average Bonchev–Trinajstić information content (AvgIpc) is 2.66. The molecule has 2 aromatic rings. The van der Waals surface area contributed by atoms with Gasteiger partial charge in [0.25, 0.3) is 0 Å². The van der Waals surface area contributed by atoms with Crippen molar-refractivity contribution >= 4 is 23.2 Å². The van der Waals surface area contributed by atoms with Gasteiger partial charge in [-0.25, -0.2) is 0 Å². The number of benzene rings is 2. The normalized spacial score (nSPS) is 15.1. The quantitative estimate of drug-likeness (QED) is 0.751. The second kappa shape index (κ2) is 8.21. The van der Waals surface area contributed by atoms with Crippen LogP contribution in [0.2, 0.25) is 5.02 Å². The lowest BCUT2D eigenvalue weighted by atomic mass is 10.1. The Morgan fingerprint density at radius 3 is 2.30 bits per heavy atom. The number of amides is 1. The maximum Gasteiger partial charge on any atom is 0.417 e. The number of nitrogens with zero attached hydrogens (tertiary/aromatic N) is 2. The fourth-order valence-electron chi connectivity index (χ4n) is 3.20. The summed E-state index contributed by atoms with van der Waals surface area (Å²) in [6.45, 7) is 1.99. The molecule has 3 rings (SSSR count). The van der Waals surface area contributed by atoms with Gasteiger partial charge in [0.1, 0.15) is 0 Å². The Bertz CT molecular complexity index is 788. The van der Waals surface area contributed by atoms with Crippen molar-refractivity contribution < 1.29 is 18.0 Å². The van der Waals surface area contributed by atoms with E-state index in [1.165, 1.54) is 6.07 Å². The molecule has 27 heavy (non-hydrogen) atoms. The van der Waals surface area contributed by atoms with Gasteiger partial charge in [0.2, 0.25) is 5.91 Å². The van der Waals surface area contributed by atoms with Crippen molar-refractivity contribution in [2.75, 3.05) is 31.1 Å². The molecule has 0 aromatic heterocycles. The minimum atomic E-state index is -4.48. The van der Waals surface area contributed by atoms with E-state index in [-0.39, 0.29) is 10.9 Å². The van der Waals surface area contributed by atoms with Crippen molar-refractivity contribution in [2.45, 2.75) is 19.0 Å². The SMILES string of the molecule is O=C(CCc1ccccc1)N1CCN(c2ccc(Cl)c(C(F)(F)F)c2)CC1. The van der Waals surface area contributed by atoms with E-state index < -0.39 is 11.7 Å². The third-order valence-electron chi connectivity index (χ3n) is 4.72. The Morgan fingerprint density at radius 1 is 1.00 bits per heavy atom. The van der Waals surface area contributed by atoms with Gasteiger partial charge in [0.15, 0.2) is 0 Å². The summed E-state index contributed by atoms with van der Waals surface area (Å²) in [6, 6.07) is 13.7. The van der Waals surface area contributed by atoms with Gasteiger partial charge in [-0.05, 0) is 30.2 Å². The zero-order valence-electron chi connectivity index (χ0n) is 14.7. The second-order valence-corrected chi connectivity index (χ2v) is 6.92. The Balaban J connectivity index is 1.56. The van der Waals surface area contributed by atoms with Crippen LogP contribution in [0.1, 0.15) is 17.5 Å². The topological polar surface area (TPSA) is 23.6 Å². The number of piperazine rings is 1. The molecule has 0 atom stereocenters. The van der Waals surface area contributed by atoms with Gasteiger partial charge in [0.05, 0.1) is 10.6 Å². The summed E-state index contributed by atoms with van der Waals surface area (Å²) < 4.78 is 39.1. The number of alkyl halides is 3. The lowest BCUT2D eigenvalue weighted by Gasteiger charge is -2.36. The number of hydrogen-bond donors (Lipinski definition) is 0. The first-order chi connectivity index (χ1) is 12.8. The maximum atomic E-state index is 13.0. The van der Waals surface area contributed by atoms with Gasteiger partial charge >= 0.3 is 6.18 Å². The number of aryl methyl sites for hydroxylation is 1. The molecule has 1 heterocycles. The van der Waals surface area contributed by atoms with Crippen LogP contribution < -0.4 is 4.90 Å². The maximum absolute atomic E-state index is 13.0. The third kappa shape index (κ3) is 4.95. The minimum absolute atomic E-state index is 0.0746. The molecule has 0 radical (unpaired) electrons. The Morgan fingerprint density at radius 2 is 1.67 bits per heavy atom. The van der Waals surface area contributed by atoms with E-state index in [9.17, 15) is 18.0 Å². The summed E-state index contributed by atoms with van der Waals surface area (Å²) >= 11 is 5.68. The van der Waals surface area contributed by atoms with Gasteiger partial charge in [0, 0.05) is 38.3 Å². The van der Waals surface area contributed by atoms with E-state index in [0.29, 0.717) is 44.7 Å². The van der Waals surface area contributed by atoms with E-state index >= 15 is 0 Å². The largest absolute Gasteiger partial charge is 0.417 e. The monoisotopic (exact) mass is 396 g/mol. The number of carbonyl (C=O) groups excluding carboxylic acids is 1. The van der Waals surface area contributed by atoms with E-state index in [2.05, 4.69) is 0 Å². The van der Waals surface area contributed by atoms with E-state index in [1.54, 1.807) is 11.0 Å². The fraction of sp³-hybridized carbons (Fsp3) is 0.350. The molecule has 1 saturated heterocycles. The zero-order chi connectivity index (χ0) is 19.4. The highest BCUT2D eigenvalue weighted by atomic mass is 35.5. The van der Waals surface area contributed by atoms with Crippen LogP contribution in [0.25, 0.3) is 0 Å². The van der Waals surface area contributed by atoms with Crippen molar-refractivity contribution in [1.82, 2.24) is 4.90 Å². The third-order valence-corrected chi connectivity index (χ3v) is 5.05. The molecule has 1 amide bonds. The van der Waals surface area contributed by atoms with Crippen LogP contribution in [0, 0.1) is 0 Å². The summed E-state index contributed by atoms with van der Waals surface area (Å²) in [7, 11) is 0. The van der Waals surface area contributed by atoms with Crippen LogP contribution in [0.3, 0.4) is 0 Å². The van der Waals surface area contributed by atoms with Gasteiger partial charge in [-0.3, -0.25) is 4.79 Å². The predicted molar refractivity (Wildman–Crippen MR) is 100 cm³/mol. The number of halogens is 4. The first-order valence-corrected chi connectivity index (χ1v) is 9.16. The lowest BCUT2D eigenvalue weighted by molar-refractivity contribution is -0.137. The fourth-order valence-corrected chi connectivity index (χ4v) is 3.42. The molecule has 0 unspecified atom stereocenters. The van der Waals surface area contributed by atoms with Crippen LogP contribution in [-0.2, 0) is 17.4 Å². The summed E-state index contributed by atoms with van der Waals surface area (Å²) in [6.07, 6.45) is -3.36. The average molecular weight is 397 g/mol. The molecule has 2 aromatic carbocycles. The first-order valence-electron chi connectivity index (χ1n) is 8.78. The van der Waals surface area contributed by atoms with Crippen LogP contribution in [0.5, 0.6) is 0 Å². The number of anilines is 1. The Kier molecular flexibility index (Phi) is 5.95. The standard InChI is InChI=1S/C20H20ClF3N2O/c21-18-8-7-16(14-17(18)20(22,23)24)25-10-12-26(13-11-25)19(27)9-6-15-4-2-1-3-5-15/h1-5,7-8,14H,6,9-13H2.